The van der Waals surface area contributed by atoms with Crippen LogP contribution in [0, 0.1) is 5.41 Å². The smallest absolute Gasteiger partial charge is 0.441 e. The lowest BCUT2D eigenvalue weighted by molar-refractivity contribution is -0.203. The SMILES string of the molecule is C=CC[C@]1(C)CCON(C(=O)OCc2ccccc2)C1=O. The van der Waals surface area contributed by atoms with Gasteiger partial charge in [-0.15, -0.1) is 11.6 Å². The van der Waals surface area contributed by atoms with Crippen molar-refractivity contribution >= 4 is 12.0 Å². The van der Waals surface area contributed by atoms with Crippen molar-refractivity contribution in [3.05, 3.63) is 48.6 Å². The van der Waals surface area contributed by atoms with Crippen LogP contribution in [-0.4, -0.2) is 23.7 Å². The molecule has 0 saturated carbocycles. The van der Waals surface area contributed by atoms with Crippen molar-refractivity contribution in [1.29, 1.82) is 0 Å². The van der Waals surface area contributed by atoms with E-state index in [0.29, 0.717) is 19.4 Å². The molecule has 1 aromatic rings. The molecule has 112 valence electrons. The number of allylic oxidation sites excluding steroid dienone is 1. The molecule has 1 heterocycles. The molecule has 0 N–H and O–H groups in total. The lowest BCUT2D eigenvalue weighted by atomic mass is 9.82. The summed E-state index contributed by atoms with van der Waals surface area (Å²) in [6.45, 7) is 5.86. The predicted octanol–water partition coefficient (Wildman–Crippen LogP) is 3.07. The van der Waals surface area contributed by atoms with Gasteiger partial charge in [-0.05, 0) is 18.4 Å². The fourth-order valence-corrected chi connectivity index (χ4v) is 2.19. The number of nitrogens with zero attached hydrogens (tertiary/aromatic N) is 1. The van der Waals surface area contributed by atoms with Gasteiger partial charge in [0.25, 0.3) is 5.91 Å². The number of carbonyl (C=O) groups is 2. The fraction of sp³-hybridized carbons (Fsp3) is 0.375. The molecule has 2 amide bonds. The van der Waals surface area contributed by atoms with Gasteiger partial charge < -0.3 is 4.74 Å². The molecule has 1 aromatic carbocycles. The number of hydrogen-bond donors (Lipinski definition) is 0. The molecule has 21 heavy (non-hydrogen) atoms. The van der Waals surface area contributed by atoms with E-state index in [2.05, 4.69) is 6.58 Å². The first kappa shape index (κ1) is 15.3. The highest BCUT2D eigenvalue weighted by Gasteiger charge is 2.43. The molecule has 0 aromatic heterocycles. The molecule has 1 atom stereocenters. The summed E-state index contributed by atoms with van der Waals surface area (Å²) in [7, 11) is 0. The van der Waals surface area contributed by atoms with Crippen LogP contribution in [0.4, 0.5) is 4.79 Å². The number of ether oxygens (including phenoxy) is 1. The Kier molecular flexibility index (Phi) is 4.75. The van der Waals surface area contributed by atoms with Gasteiger partial charge in [0.1, 0.15) is 6.61 Å². The first-order valence-electron chi connectivity index (χ1n) is 6.86. The van der Waals surface area contributed by atoms with Gasteiger partial charge in [0.15, 0.2) is 0 Å². The zero-order valence-electron chi connectivity index (χ0n) is 12.1. The Hall–Kier alpha value is -2.14. The fourth-order valence-electron chi connectivity index (χ4n) is 2.19. The van der Waals surface area contributed by atoms with Crippen LogP contribution < -0.4 is 0 Å². The Labute approximate surface area is 124 Å². The predicted molar refractivity (Wildman–Crippen MR) is 77.0 cm³/mol. The highest BCUT2D eigenvalue weighted by Crippen LogP contribution is 2.33. The van der Waals surface area contributed by atoms with E-state index in [1.807, 2.05) is 30.3 Å². The zero-order valence-corrected chi connectivity index (χ0v) is 12.1. The third kappa shape index (κ3) is 3.49. The number of carbonyl (C=O) groups excluding carboxylic acids is 2. The average molecular weight is 289 g/mol. The van der Waals surface area contributed by atoms with E-state index in [1.54, 1.807) is 13.0 Å². The minimum atomic E-state index is -0.779. The van der Waals surface area contributed by atoms with E-state index in [4.69, 9.17) is 9.57 Å². The zero-order chi connectivity index (χ0) is 15.3. The van der Waals surface area contributed by atoms with Gasteiger partial charge in [-0.3, -0.25) is 9.63 Å². The number of rotatable bonds is 4. The number of hydroxylamine groups is 2. The van der Waals surface area contributed by atoms with Gasteiger partial charge >= 0.3 is 6.09 Å². The summed E-state index contributed by atoms with van der Waals surface area (Å²) in [5.74, 6) is -0.383. The van der Waals surface area contributed by atoms with Crippen molar-refractivity contribution in [3.63, 3.8) is 0 Å². The molecule has 0 aliphatic carbocycles. The normalized spacial score (nSPS) is 22.0. The molecule has 0 unspecified atom stereocenters. The summed E-state index contributed by atoms with van der Waals surface area (Å²) in [4.78, 5) is 29.5. The van der Waals surface area contributed by atoms with E-state index in [1.165, 1.54) is 0 Å². The minimum Gasteiger partial charge on any atom is -0.443 e. The summed E-state index contributed by atoms with van der Waals surface area (Å²) in [6, 6.07) is 9.27. The number of amides is 2. The second-order valence-corrected chi connectivity index (χ2v) is 5.28. The van der Waals surface area contributed by atoms with Gasteiger partial charge in [0.2, 0.25) is 0 Å². The maximum Gasteiger partial charge on any atom is 0.441 e. The Bertz CT molecular complexity index is 528. The van der Waals surface area contributed by atoms with Gasteiger partial charge in [0.05, 0.1) is 12.0 Å². The van der Waals surface area contributed by atoms with Crippen LogP contribution in [0.3, 0.4) is 0 Å². The van der Waals surface area contributed by atoms with Crippen LogP contribution in [0.1, 0.15) is 25.3 Å². The Morgan fingerprint density at radius 3 is 2.86 bits per heavy atom. The lowest BCUT2D eigenvalue weighted by Gasteiger charge is -2.36. The molecular formula is C16H19NO4. The third-order valence-electron chi connectivity index (χ3n) is 3.54. The van der Waals surface area contributed by atoms with Crippen LogP contribution in [0.2, 0.25) is 0 Å². The van der Waals surface area contributed by atoms with E-state index < -0.39 is 11.5 Å². The van der Waals surface area contributed by atoms with Gasteiger partial charge in [0, 0.05) is 0 Å². The first-order valence-corrected chi connectivity index (χ1v) is 6.86. The third-order valence-corrected chi connectivity index (χ3v) is 3.54. The molecular weight excluding hydrogens is 270 g/mol. The maximum absolute atomic E-state index is 12.3. The van der Waals surface area contributed by atoms with E-state index >= 15 is 0 Å². The lowest BCUT2D eigenvalue weighted by Crippen LogP contribution is -2.50. The van der Waals surface area contributed by atoms with Crippen LogP contribution in [0.5, 0.6) is 0 Å². The van der Waals surface area contributed by atoms with Crippen LogP contribution in [0.15, 0.2) is 43.0 Å². The molecule has 0 bridgehead atoms. The Morgan fingerprint density at radius 2 is 2.19 bits per heavy atom. The minimum absolute atomic E-state index is 0.102. The molecule has 0 radical (unpaired) electrons. The molecule has 2 rings (SSSR count). The van der Waals surface area contributed by atoms with Crippen LogP contribution >= 0.6 is 0 Å². The van der Waals surface area contributed by atoms with E-state index in [-0.39, 0.29) is 12.5 Å². The van der Waals surface area contributed by atoms with Crippen LogP contribution in [-0.2, 0) is 21.0 Å². The van der Waals surface area contributed by atoms with Gasteiger partial charge in [-0.1, -0.05) is 43.3 Å². The molecule has 5 nitrogen and oxygen atoms in total. The van der Waals surface area contributed by atoms with Crippen molar-refractivity contribution in [2.45, 2.75) is 26.4 Å². The van der Waals surface area contributed by atoms with Crippen LogP contribution in [0.25, 0.3) is 0 Å². The van der Waals surface area contributed by atoms with Crippen molar-refractivity contribution < 1.29 is 19.2 Å². The molecule has 5 heteroatoms. The van der Waals surface area contributed by atoms with Gasteiger partial charge in [-0.25, -0.2) is 4.79 Å². The topological polar surface area (TPSA) is 55.8 Å². The largest absolute Gasteiger partial charge is 0.443 e. The second-order valence-electron chi connectivity index (χ2n) is 5.28. The summed E-state index contributed by atoms with van der Waals surface area (Å²) < 4.78 is 5.12. The second kappa shape index (κ2) is 6.54. The highest BCUT2D eigenvalue weighted by molar-refractivity contribution is 5.94. The van der Waals surface area contributed by atoms with E-state index in [0.717, 1.165) is 10.6 Å². The monoisotopic (exact) mass is 289 g/mol. The Morgan fingerprint density at radius 1 is 1.48 bits per heavy atom. The number of benzene rings is 1. The summed E-state index contributed by atoms with van der Waals surface area (Å²) >= 11 is 0. The highest BCUT2D eigenvalue weighted by atomic mass is 16.7. The maximum atomic E-state index is 12.3. The van der Waals surface area contributed by atoms with Crippen molar-refractivity contribution in [1.82, 2.24) is 5.06 Å². The standard InChI is InChI=1S/C16H19NO4/c1-3-9-16(2)10-11-21-17(14(16)18)15(19)20-12-13-7-5-4-6-8-13/h3-8H,1,9-12H2,2H3/t16-/m1/s1. The molecule has 1 fully saturated rings. The molecule has 1 saturated heterocycles. The van der Waals surface area contributed by atoms with Crippen molar-refractivity contribution in [3.8, 4) is 0 Å². The van der Waals surface area contributed by atoms with E-state index in [9.17, 15) is 9.59 Å². The Balaban J connectivity index is 1.98. The first-order chi connectivity index (χ1) is 10.1. The van der Waals surface area contributed by atoms with Gasteiger partial charge in [-0.2, -0.15) is 0 Å². The van der Waals surface area contributed by atoms with Crippen molar-refractivity contribution in [2.75, 3.05) is 6.61 Å². The molecule has 0 spiro atoms. The summed E-state index contributed by atoms with van der Waals surface area (Å²) in [6.07, 6.45) is 1.95. The number of hydrogen-bond acceptors (Lipinski definition) is 4. The van der Waals surface area contributed by atoms with Crippen molar-refractivity contribution in [2.24, 2.45) is 5.41 Å². The average Bonchev–Trinajstić information content (AvgIpc) is 2.49. The quantitative estimate of drug-likeness (QED) is 0.799. The molecule has 1 aliphatic heterocycles. The summed E-state index contributed by atoms with van der Waals surface area (Å²) in [5, 5.41) is 0.732. The summed E-state index contributed by atoms with van der Waals surface area (Å²) in [5.41, 5.74) is 0.190. The number of imide groups is 1. The molecule has 1 aliphatic rings.